The molecule has 0 saturated carbocycles. The molecule has 1 amide bonds. The number of carbonyl (C=O) groups excluding carboxylic acids is 1. The predicted octanol–water partition coefficient (Wildman–Crippen LogP) is 2.26. The van der Waals surface area contributed by atoms with Gasteiger partial charge in [-0.25, -0.2) is 0 Å². The fraction of sp³-hybridized carbons (Fsp3) is 0.250. The van der Waals surface area contributed by atoms with Crippen LogP contribution in [-0.2, 0) is 11.3 Å². The Morgan fingerprint density at radius 1 is 1.43 bits per heavy atom. The van der Waals surface area contributed by atoms with Gasteiger partial charge in [0.25, 0.3) is 5.91 Å². The first kappa shape index (κ1) is 13.6. The van der Waals surface area contributed by atoms with Crippen LogP contribution in [0.5, 0.6) is 5.75 Å². The molecule has 5 nitrogen and oxygen atoms in total. The SMILES string of the molecule is C[C@@H](NCc1ccc2c(c1)NC(=O)CO2)c1cccnc1. The summed E-state index contributed by atoms with van der Waals surface area (Å²) < 4.78 is 5.34. The van der Waals surface area contributed by atoms with E-state index in [0.29, 0.717) is 6.54 Å². The van der Waals surface area contributed by atoms with Gasteiger partial charge in [0.05, 0.1) is 5.69 Å². The summed E-state index contributed by atoms with van der Waals surface area (Å²) >= 11 is 0. The number of nitrogens with one attached hydrogen (secondary N) is 2. The first-order valence-electron chi connectivity index (χ1n) is 6.91. The zero-order chi connectivity index (χ0) is 14.7. The van der Waals surface area contributed by atoms with Crippen LogP contribution in [0.3, 0.4) is 0 Å². The monoisotopic (exact) mass is 283 g/mol. The maximum absolute atomic E-state index is 11.3. The Hall–Kier alpha value is -2.40. The smallest absolute Gasteiger partial charge is 0.262 e. The van der Waals surface area contributed by atoms with Gasteiger partial charge in [-0.05, 0) is 36.2 Å². The molecule has 108 valence electrons. The summed E-state index contributed by atoms with van der Waals surface area (Å²) in [5, 5.41) is 6.26. The van der Waals surface area contributed by atoms with Crippen LogP contribution in [0.15, 0.2) is 42.7 Å². The number of nitrogens with zero attached hydrogens (tertiary/aromatic N) is 1. The average molecular weight is 283 g/mol. The molecule has 3 rings (SSSR count). The Bertz CT molecular complexity index is 643. The zero-order valence-electron chi connectivity index (χ0n) is 11.8. The van der Waals surface area contributed by atoms with E-state index in [1.165, 1.54) is 0 Å². The Kier molecular flexibility index (Phi) is 3.83. The fourth-order valence-corrected chi connectivity index (χ4v) is 2.26. The van der Waals surface area contributed by atoms with E-state index in [0.717, 1.165) is 22.6 Å². The number of benzene rings is 1. The quantitative estimate of drug-likeness (QED) is 0.903. The molecule has 0 fully saturated rings. The zero-order valence-corrected chi connectivity index (χ0v) is 11.8. The van der Waals surface area contributed by atoms with Crippen molar-refractivity contribution in [2.24, 2.45) is 0 Å². The van der Waals surface area contributed by atoms with E-state index in [1.807, 2.05) is 36.5 Å². The first-order chi connectivity index (χ1) is 10.2. The minimum Gasteiger partial charge on any atom is -0.482 e. The standard InChI is InChI=1S/C16H17N3O2/c1-11(13-3-2-6-17-9-13)18-8-12-4-5-15-14(7-12)19-16(20)10-21-15/h2-7,9,11,18H,8,10H2,1H3,(H,19,20)/t11-/m1/s1. The van der Waals surface area contributed by atoms with E-state index in [1.54, 1.807) is 6.20 Å². The van der Waals surface area contributed by atoms with Gasteiger partial charge in [0.15, 0.2) is 6.61 Å². The molecule has 0 radical (unpaired) electrons. The number of aromatic nitrogens is 1. The molecule has 0 aliphatic carbocycles. The van der Waals surface area contributed by atoms with Crippen LogP contribution < -0.4 is 15.4 Å². The van der Waals surface area contributed by atoms with E-state index in [9.17, 15) is 4.79 Å². The third-order valence-electron chi connectivity index (χ3n) is 3.47. The molecule has 21 heavy (non-hydrogen) atoms. The summed E-state index contributed by atoms with van der Waals surface area (Å²) in [7, 11) is 0. The molecule has 1 aliphatic rings. The van der Waals surface area contributed by atoms with Crippen molar-refractivity contribution < 1.29 is 9.53 Å². The fourth-order valence-electron chi connectivity index (χ4n) is 2.26. The third-order valence-corrected chi connectivity index (χ3v) is 3.47. The van der Waals surface area contributed by atoms with Gasteiger partial charge in [0.2, 0.25) is 0 Å². The lowest BCUT2D eigenvalue weighted by atomic mass is 10.1. The summed E-state index contributed by atoms with van der Waals surface area (Å²) in [6, 6.07) is 10.0. The van der Waals surface area contributed by atoms with E-state index < -0.39 is 0 Å². The lowest BCUT2D eigenvalue weighted by Gasteiger charge is -2.19. The van der Waals surface area contributed by atoms with Crippen molar-refractivity contribution >= 4 is 11.6 Å². The highest BCUT2D eigenvalue weighted by atomic mass is 16.5. The van der Waals surface area contributed by atoms with Crippen molar-refractivity contribution in [2.75, 3.05) is 11.9 Å². The Labute approximate surface area is 123 Å². The normalized spacial score (nSPS) is 14.8. The molecular weight excluding hydrogens is 266 g/mol. The van der Waals surface area contributed by atoms with Crippen LogP contribution in [0, 0.1) is 0 Å². The minimum atomic E-state index is -0.115. The number of amides is 1. The van der Waals surface area contributed by atoms with Crippen molar-refractivity contribution in [1.29, 1.82) is 0 Å². The highest BCUT2D eigenvalue weighted by Gasteiger charge is 2.16. The van der Waals surface area contributed by atoms with E-state index in [2.05, 4.69) is 22.5 Å². The lowest BCUT2D eigenvalue weighted by molar-refractivity contribution is -0.118. The molecule has 1 aromatic carbocycles. The highest BCUT2D eigenvalue weighted by Crippen LogP contribution is 2.28. The first-order valence-corrected chi connectivity index (χ1v) is 6.91. The van der Waals surface area contributed by atoms with E-state index in [4.69, 9.17) is 4.74 Å². The van der Waals surface area contributed by atoms with Crippen molar-refractivity contribution in [3.8, 4) is 5.75 Å². The van der Waals surface area contributed by atoms with Gasteiger partial charge in [0, 0.05) is 25.0 Å². The number of carbonyl (C=O) groups is 1. The minimum absolute atomic E-state index is 0.0860. The van der Waals surface area contributed by atoms with Crippen molar-refractivity contribution in [1.82, 2.24) is 10.3 Å². The molecule has 1 aromatic heterocycles. The summed E-state index contributed by atoms with van der Waals surface area (Å²) in [5.41, 5.74) is 2.97. The molecular formula is C16H17N3O2. The summed E-state index contributed by atoms with van der Waals surface area (Å²) in [4.78, 5) is 15.5. The second-order valence-corrected chi connectivity index (χ2v) is 5.06. The number of hydrogen-bond acceptors (Lipinski definition) is 4. The van der Waals surface area contributed by atoms with Crippen LogP contribution in [0.1, 0.15) is 24.1 Å². The second kappa shape index (κ2) is 5.93. The van der Waals surface area contributed by atoms with Gasteiger partial charge in [-0.1, -0.05) is 12.1 Å². The van der Waals surface area contributed by atoms with Gasteiger partial charge in [-0.2, -0.15) is 0 Å². The number of ether oxygens (including phenoxy) is 1. The Balaban J connectivity index is 1.66. The lowest BCUT2D eigenvalue weighted by Crippen LogP contribution is -2.25. The van der Waals surface area contributed by atoms with Gasteiger partial charge in [-0.3, -0.25) is 9.78 Å². The second-order valence-electron chi connectivity index (χ2n) is 5.06. The predicted molar refractivity (Wildman–Crippen MR) is 80.1 cm³/mol. The van der Waals surface area contributed by atoms with Gasteiger partial charge < -0.3 is 15.4 Å². The molecule has 2 aromatic rings. The molecule has 0 spiro atoms. The third kappa shape index (κ3) is 3.20. The number of fused-ring (bicyclic) bond motifs is 1. The van der Waals surface area contributed by atoms with Crippen LogP contribution in [0.25, 0.3) is 0 Å². The van der Waals surface area contributed by atoms with E-state index >= 15 is 0 Å². The van der Waals surface area contributed by atoms with Crippen molar-refractivity contribution in [3.05, 3.63) is 53.9 Å². The summed E-state index contributed by atoms with van der Waals surface area (Å²) in [6.45, 7) is 2.89. The van der Waals surface area contributed by atoms with Crippen LogP contribution in [0.4, 0.5) is 5.69 Å². The van der Waals surface area contributed by atoms with Gasteiger partial charge >= 0.3 is 0 Å². The van der Waals surface area contributed by atoms with Crippen molar-refractivity contribution in [2.45, 2.75) is 19.5 Å². The average Bonchev–Trinajstić information content (AvgIpc) is 2.53. The molecule has 5 heteroatoms. The topological polar surface area (TPSA) is 63.2 Å². The number of rotatable bonds is 4. The maximum atomic E-state index is 11.3. The molecule has 2 N–H and O–H groups in total. The van der Waals surface area contributed by atoms with Crippen LogP contribution >= 0.6 is 0 Å². The molecule has 1 atom stereocenters. The maximum Gasteiger partial charge on any atom is 0.262 e. The number of anilines is 1. The molecule has 2 heterocycles. The molecule has 0 saturated heterocycles. The molecule has 0 unspecified atom stereocenters. The molecule has 0 bridgehead atoms. The molecule has 1 aliphatic heterocycles. The summed E-state index contributed by atoms with van der Waals surface area (Å²) in [5.74, 6) is 0.606. The Morgan fingerprint density at radius 3 is 3.14 bits per heavy atom. The van der Waals surface area contributed by atoms with E-state index in [-0.39, 0.29) is 18.6 Å². The number of hydrogen-bond donors (Lipinski definition) is 2. The largest absolute Gasteiger partial charge is 0.482 e. The highest BCUT2D eigenvalue weighted by molar-refractivity contribution is 5.95. The Morgan fingerprint density at radius 2 is 2.33 bits per heavy atom. The van der Waals surface area contributed by atoms with Crippen molar-refractivity contribution in [3.63, 3.8) is 0 Å². The van der Waals surface area contributed by atoms with Gasteiger partial charge in [0.1, 0.15) is 5.75 Å². The van der Waals surface area contributed by atoms with Crippen LogP contribution in [0.2, 0.25) is 0 Å². The number of pyridine rings is 1. The summed E-state index contributed by atoms with van der Waals surface area (Å²) in [6.07, 6.45) is 3.63. The van der Waals surface area contributed by atoms with Crippen LogP contribution in [-0.4, -0.2) is 17.5 Å². The van der Waals surface area contributed by atoms with Gasteiger partial charge in [-0.15, -0.1) is 0 Å².